The molecule has 14 rings (SSSR count). The van der Waals surface area contributed by atoms with E-state index in [1.165, 1.54) is 54.7 Å². The Morgan fingerprint density at radius 3 is 1.64 bits per heavy atom. The molecule has 4 aromatic heterocycles. The zero-order valence-corrected chi connectivity index (χ0v) is 39.0. The van der Waals surface area contributed by atoms with Crippen LogP contribution in [-0.2, 0) is 14.1 Å². The lowest BCUT2D eigenvalue weighted by Gasteiger charge is -2.25. The van der Waals surface area contributed by atoms with Crippen LogP contribution in [0.25, 0.3) is 93.5 Å². The topological polar surface area (TPSA) is 43.4 Å². The SMILES string of the molecule is Cc1cc(-n2c3ccccc3c3ccc(Oc4cc(-c5ccccc5)cc(N5CN(c6c7c(cc8c9ccccc9n(C)c68)c6ccccc6n7C)c6ccccc65)c4)cc32)ncc1-c1ccccc1. The van der Waals surface area contributed by atoms with E-state index in [1.54, 1.807) is 0 Å². The van der Waals surface area contributed by atoms with Crippen LogP contribution in [-0.4, -0.2) is 25.4 Å². The van der Waals surface area contributed by atoms with Gasteiger partial charge in [-0.2, -0.15) is 0 Å². The molecule has 0 spiro atoms. The van der Waals surface area contributed by atoms with Crippen LogP contribution >= 0.6 is 0 Å². The zero-order valence-electron chi connectivity index (χ0n) is 39.0. The summed E-state index contributed by atoms with van der Waals surface area (Å²) in [5.41, 5.74) is 17.1. The van der Waals surface area contributed by atoms with E-state index in [9.17, 15) is 0 Å². The van der Waals surface area contributed by atoms with E-state index in [0.29, 0.717) is 6.67 Å². The lowest BCUT2D eigenvalue weighted by Crippen LogP contribution is -2.25. The van der Waals surface area contributed by atoms with Gasteiger partial charge in [0.05, 0.1) is 39.1 Å². The van der Waals surface area contributed by atoms with Gasteiger partial charge >= 0.3 is 0 Å². The summed E-state index contributed by atoms with van der Waals surface area (Å²) in [6.45, 7) is 2.76. The van der Waals surface area contributed by atoms with E-state index >= 15 is 0 Å². The van der Waals surface area contributed by atoms with Crippen molar-refractivity contribution in [1.82, 2.24) is 18.7 Å². The molecule has 5 heterocycles. The summed E-state index contributed by atoms with van der Waals surface area (Å²) in [5, 5.41) is 7.32. The van der Waals surface area contributed by atoms with Crippen molar-refractivity contribution in [3.05, 3.63) is 218 Å². The van der Waals surface area contributed by atoms with Gasteiger partial charge in [0, 0.05) is 87.0 Å². The summed E-state index contributed by atoms with van der Waals surface area (Å²) in [5.74, 6) is 2.36. The van der Waals surface area contributed by atoms with Gasteiger partial charge in [0.1, 0.15) is 24.0 Å². The number of fused-ring (bicyclic) bond motifs is 10. The van der Waals surface area contributed by atoms with Gasteiger partial charge in [0.25, 0.3) is 0 Å². The van der Waals surface area contributed by atoms with Crippen LogP contribution in [0.2, 0.25) is 0 Å². The molecular formula is C63H46N6O. The number of aryl methyl sites for hydroxylation is 3. The number of pyridine rings is 1. The Morgan fingerprint density at radius 2 is 0.986 bits per heavy atom. The Bertz CT molecular complexity index is 4140. The third kappa shape index (κ3) is 6.04. The first-order chi connectivity index (χ1) is 34.5. The number of ether oxygens (including phenoxy) is 1. The minimum atomic E-state index is 0.593. The van der Waals surface area contributed by atoms with Crippen molar-refractivity contribution in [3.8, 4) is 39.6 Å². The molecule has 0 unspecified atom stereocenters. The highest BCUT2D eigenvalue weighted by Crippen LogP contribution is 2.52. The number of aromatic nitrogens is 4. The van der Waals surface area contributed by atoms with Crippen molar-refractivity contribution in [2.45, 2.75) is 6.92 Å². The zero-order chi connectivity index (χ0) is 46.6. The van der Waals surface area contributed by atoms with E-state index < -0.39 is 0 Å². The molecule has 0 N–H and O–H groups in total. The molecule has 0 fully saturated rings. The molecule has 7 heteroatoms. The fourth-order valence-corrected chi connectivity index (χ4v) is 11.4. The maximum Gasteiger partial charge on any atom is 0.137 e. The predicted octanol–water partition coefficient (Wildman–Crippen LogP) is 16.2. The van der Waals surface area contributed by atoms with Gasteiger partial charge in [-0.3, -0.25) is 4.57 Å². The van der Waals surface area contributed by atoms with E-state index in [0.717, 1.165) is 78.6 Å². The van der Waals surface area contributed by atoms with Crippen molar-refractivity contribution in [1.29, 1.82) is 0 Å². The number of hydrogen-bond donors (Lipinski definition) is 0. The smallest absolute Gasteiger partial charge is 0.137 e. The second-order valence-corrected chi connectivity index (χ2v) is 18.6. The van der Waals surface area contributed by atoms with Gasteiger partial charge in [-0.15, -0.1) is 0 Å². The quantitative estimate of drug-likeness (QED) is 0.160. The van der Waals surface area contributed by atoms with Crippen LogP contribution in [0.4, 0.5) is 22.7 Å². The van der Waals surface area contributed by atoms with Crippen LogP contribution in [0.15, 0.2) is 212 Å². The maximum atomic E-state index is 7.07. The molecular weight excluding hydrogens is 857 g/mol. The Hall–Kier alpha value is -9.07. The van der Waals surface area contributed by atoms with E-state index in [4.69, 9.17) is 9.72 Å². The number of hydrogen-bond acceptors (Lipinski definition) is 4. The summed E-state index contributed by atoms with van der Waals surface area (Å²) in [6.07, 6.45) is 2.00. The molecule has 7 nitrogen and oxygen atoms in total. The largest absolute Gasteiger partial charge is 0.457 e. The molecule has 13 aromatic rings. The Kier molecular flexibility index (Phi) is 8.86. The molecule has 0 radical (unpaired) electrons. The van der Waals surface area contributed by atoms with E-state index in [-0.39, 0.29) is 0 Å². The van der Waals surface area contributed by atoms with Gasteiger partial charge in [-0.1, -0.05) is 127 Å². The average Bonchev–Trinajstić information content (AvgIpc) is 4.13. The monoisotopic (exact) mass is 902 g/mol. The van der Waals surface area contributed by atoms with Crippen LogP contribution in [0, 0.1) is 6.92 Å². The molecule has 1 aliphatic rings. The van der Waals surface area contributed by atoms with Gasteiger partial charge < -0.3 is 23.7 Å². The minimum Gasteiger partial charge on any atom is -0.457 e. The normalized spacial score (nSPS) is 12.7. The second-order valence-electron chi connectivity index (χ2n) is 18.6. The highest BCUT2D eigenvalue weighted by atomic mass is 16.5. The molecule has 0 bridgehead atoms. The first-order valence-electron chi connectivity index (χ1n) is 23.9. The number of rotatable bonds is 7. The van der Waals surface area contributed by atoms with Crippen molar-refractivity contribution >= 4 is 88.2 Å². The lowest BCUT2D eigenvalue weighted by molar-refractivity contribution is 0.483. The Balaban J connectivity index is 0.917. The highest BCUT2D eigenvalue weighted by molar-refractivity contribution is 6.25. The Morgan fingerprint density at radius 1 is 0.429 bits per heavy atom. The molecule has 0 atom stereocenters. The van der Waals surface area contributed by atoms with Crippen molar-refractivity contribution in [3.63, 3.8) is 0 Å². The summed E-state index contributed by atoms with van der Waals surface area (Å²) >= 11 is 0. The van der Waals surface area contributed by atoms with Gasteiger partial charge in [0.15, 0.2) is 0 Å². The van der Waals surface area contributed by atoms with Crippen molar-refractivity contribution in [2.24, 2.45) is 14.1 Å². The molecule has 70 heavy (non-hydrogen) atoms. The lowest BCUT2D eigenvalue weighted by atomic mass is 10.0. The van der Waals surface area contributed by atoms with Gasteiger partial charge in [-0.05, 0) is 95.9 Å². The number of para-hydroxylation sites is 5. The second kappa shape index (κ2) is 15.5. The third-order valence-electron chi connectivity index (χ3n) is 14.6. The van der Waals surface area contributed by atoms with Gasteiger partial charge in [-0.25, -0.2) is 4.98 Å². The fraction of sp³-hybridized carbons (Fsp3) is 0.0635. The Labute approximate surface area is 404 Å². The summed E-state index contributed by atoms with van der Waals surface area (Å²) in [6, 6.07) is 73.8. The van der Waals surface area contributed by atoms with Crippen LogP contribution in [0.5, 0.6) is 11.5 Å². The third-order valence-corrected chi connectivity index (χ3v) is 14.6. The van der Waals surface area contributed by atoms with Crippen molar-refractivity contribution < 1.29 is 4.74 Å². The molecule has 0 aliphatic carbocycles. The number of anilines is 4. The van der Waals surface area contributed by atoms with E-state index in [2.05, 4.69) is 245 Å². The van der Waals surface area contributed by atoms with Crippen molar-refractivity contribution in [2.75, 3.05) is 16.5 Å². The van der Waals surface area contributed by atoms with Gasteiger partial charge in [0.2, 0.25) is 0 Å². The van der Waals surface area contributed by atoms with Crippen LogP contribution in [0.3, 0.4) is 0 Å². The predicted molar refractivity (Wildman–Crippen MR) is 291 cm³/mol. The highest BCUT2D eigenvalue weighted by Gasteiger charge is 2.33. The van der Waals surface area contributed by atoms with Crippen LogP contribution in [0.1, 0.15) is 5.56 Å². The molecule has 334 valence electrons. The van der Waals surface area contributed by atoms with Crippen LogP contribution < -0.4 is 14.5 Å². The number of benzene rings is 9. The standard InChI is InChI=1S/C63H46N6O/c1-40-32-60(64-38-53(40)42-20-8-5-9-21-42)69-56-27-15-12-22-47(56)50-31-30-45(36-59(50)69)70-46-34-43(41-18-6-4-7-19-41)33-44(35-46)67-39-68(58-29-17-16-28-57(58)67)63-61-51(48-23-10-13-25-54(48)65(61)2)37-52-49-24-11-14-26-55(49)66(3)62(52)63/h4-38H,39H2,1-3H3. The summed E-state index contributed by atoms with van der Waals surface area (Å²) in [7, 11) is 4.43. The van der Waals surface area contributed by atoms with E-state index in [1.807, 2.05) is 12.3 Å². The fourth-order valence-electron chi connectivity index (χ4n) is 11.4. The molecule has 1 aliphatic heterocycles. The summed E-state index contributed by atoms with van der Waals surface area (Å²) in [4.78, 5) is 10.1. The molecule has 0 saturated heterocycles. The molecule has 9 aromatic carbocycles. The minimum absolute atomic E-state index is 0.593. The first kappa shape index (κ1) is 40.0. The molecule has 0 amide bonds. The molecule has 0 saturated carbocycles. The average molecular weight is 903 g/mol. The first-order valence-corrected chi connectivity index (χ1v) is 23.9. The number of nitrogens with zero attached hydrogens (tertiary/aromatic N) is 6. The summed E-state index contributed by atoms with van der Waals surface area (Å²) < 4.78 is 14.1. The maximum absolute atomic E-state index is 7.07.